The number of pyridine rings is 1. The van der Waals surface area contributed by atoms with Crippen molar-refractivity contribution in [3.05, 3.63) is 48.8 Å². The molecule has 3 aromatic heterocycles. The number of hydrogen-bond acceptors (Lipinski definition) is 7. The highest BCUT2D eigenvalue weighted by Gasteiger charge is 2.31. The van der Waals surface area contributed by atoms with E-state index in [4.69, 9.17) is 9.72 Å². The fourth-order valence-corrected chi connectivity index (χ4v) is 5.77. The Balaban J connectivity index is 1.22. The second-order valence-corrected chi connectivity index (χ2v) is 10.1. The first kappa shape index (κ1) is 23.1. The van der Waals surface area contributed by atoms with Gasteiger partial charge in [0.05, 0.1) is 36.9 Å². The van der Waals surface area contributed by atoms with Gasteiger partial charge >= 0.3 is 0 Å². The lowest BCUT2D eigenvalue weighted by atomic mass is 10.0. The molecule has 9 heteroatoms. The number of fused-ring (bicyclic) bond motifs is 2. The molecule has 2 fully saturated rings. The number of benzene rings is 1. The summed E-state index contributed by atoms with van der Waals surface area (Å²) in [6.45, 7) is 4.44. The normalized spacial score (nSPS) is 19.7. The highest BCUT2D eigenvalue weighted by atomic mass is 19.1. The van der Waals surface area contributed by atoms with Gasteiger partial charge < -0.3 is 14.5 Å². The number of nitrogens with zero attached hydrogens (tertiary/aromatic N) is 7. The summed E-state index contributed by atoms with van der Waals surface area (Å²) in [5.74, 6) is -0.235. The number of methoxy groups -OCH3 is 1. The van der Waals surface area contributed by atoms with E-state index in [0.717, 1.165) is 40.9 Å². The van der Waals surface area contributed by atoms with E-state index in [1.807, 2.05) is 23.0 Å². The van der Waals surface area contributed by atoms with Crippen molar-refractivity contribution >= 4 is 22.2 Å². The van der Waals surface area contributed by atoms with E-state index < -0.39 is 5.82 Å². The van der Waals surface area contributed by atoms with Crippen LogP contribution < -0.4 is 9.64 Å². The summed E-state index contributed by atoms with van der Waals surface area (Å²) in [4.78, 5) is 16.6. The molecule has 188 valence electrons. The molecule has 1 unspecified atom stereocenters. The summed E-state index contributed by atoms with van der Waals surface area (Å²) in [5.41, 5.74) is 4.20. The molecule has 0 spiro atoms. The molecule has 1 atom stereocenters. The third kappa shape index (κ3) is 4.06. The number of rotatable bonds is 5. The first-order chi connectivity index (χ1) is 17.5. The molecule has 6 rings (SSSR count). The molecule has 2 aliphatic heterocycles. The Labute approximate surface area is 210 Å². The Morgan fingerprint density at radius 3 is 2.61 bits per heavy atom. The van der Waals surface area contributed by atoms with Gasteiger partial charge in [-0.05, 0) is 51.1 Å². The zero-order valence-electron chi connectivity index (χ0n) is 21.1. The van der Waals surface area contributed by atoms with Gasteiger partial charge in [-0.2, -0.15) is 5.10 Å². The van der Waals surface area contributed by atoms with Gasteiger partial charge in [-0.1, -0.05) is 0 Å². The monoisotopic (exact) mass is 489 g/mol. The molecule has 0 aliphatic carbocycles. The van der Waals surface area contributed by atoms with Crippen molar-refractivity contribution < 1.29 is 9.13 Å². The second kappa shape index (κ2) is 9.29. The highest BCUT2D eigenvalue weighted by Crippen LogP contribution is 2.34. The summed E-state index contributed by atoms with van der Waals surface area (Å²) in [6, 6.07) is 6.36. The van der Waals surface area contributed by atoms with Crippen LogP contribution in [-0.4, -0.2) is 88.8 Å². The Kier molecular flexibility index (Phi) is 5.97. The molecule has 0 radical (unpaired) electrons. The molecular formula is C27H32FN7O. The number of halogens is 1. The molecule has 8 nitrogen and oxygen atoms in total. The molecule has 0 amide bonds. The number of aromatic nitrogens is 4. The Hall–Kier alpha value is -3.30. The lowest BCUT2D eigenvalue weighted by Crippen LogP contribution is -2.45. The minimum atomic E-state index is -0.427. The Morgan fingerprint density at radius 1 is 1.03 bits per heavy atom. The summed E-state index contributed by atoms with van der Waals surface area (Å²) >= 11 is 0. The molecule has 4 aromatic rings. The van der Waals surface area contributed by atoms with E-state index in [0.29, 0.717) is 17.6 Å². The standard InChI is InChI=1S/C27H32FN7O/c1-32(2)19-7-11-34(16-19)18-5-9-33(10-6-18)20-14-30-27-23(15-31-35(27)17-20)21-4-8-29-25-13-24(28)26(36-3)12-22(21)25/h4,8,12-15,17-19H,5-7,9-11,16H2,1-3H3. The van der Waals surface area contributed by atoms with E-state index in [-0.39, 0.29) is 5.75 Å². The van der Waals surface area contributed by atoms with Gasteiger partial charge in [-0.15, -0.1) is 0 Å². The van der Waals surface area contributed by atoms with E-state index in [1.54, 1.807) is 12.3 Å². The summed E-state index contributed by atoms with van der Waals surface area (Å²) < 4.78 is 21.3. The van der Waals surface area contributed by atoms with Crippen molar-refractivity contribution in [3.8, 4) is 16.9 Å². The van der Waals surface area contributed by atoms with Gasteiger partial charge in [0.25, 0.3) is 0 Å². The van der Waals surface area contributed by atoms with Gasteiger partial charge in [0.1, 0.15) is 0 Å². The van der Waals surface area contributed by atoms with E-state index >= 15 is 0 Å². The molecule has 1 aromatic carbocycles. The predicted molar refractivity (Wildman–Crippen MR) is 139 cm³/mol. The minimum Gasteiger partial charge on any atom is -0.494 e. The lowest BCUT2D eigenvalue weighted by molar-refractivity contribution is 0.189. The van der Waals surface area contributed by atoms with Crippen LogP contribution in [0.25, 0.3) is 27.7 Å². The summed E-state index contributed by atoms with van der Waals surface area (Å²) in [6.07, 6.45) is 11.1. The topological polar surface area (TPSA) is 62.0 Å². The fourth-order valence-electron chi connectivity index (χ4n) is 5.77. The SMILES string of the molecule is COc1cc2c(-c3cnn4cc(N5CCC(N6CCC(N(C)C)C6)CC5)cnc34)ccnc2cc1F. The molecule has 2 saturated heterocycles. The minimum absolute atomic E-state index is 0.193. The van der Waals surface area contributed by atoms with Crippen molar-refractivity contribution in [1.29, 1.82) is 0 Å². The molecule has 0 bridgehead atoms. The van der Waals surface area contributed by atoms with Gasteiger partial charge in [0.2, 0.25) is 0 Å². The number of hydrogen-bond donors (Lipinski definition) is 0. The average molecular weight is 490 g/mol. The quantitative estimate of drug-likeness (QED) is 0.424. The number of piperidine rings is 1. The molecule has 5 heterocycles. The molecule has 0 saturated carbocycles. The van der Waals surface area contributed by atoms with Gasteiger partial charge in [0, 0.05) is 61.5 Å². The van der Waals surface area contributed by atoms with Crippen LogP contribution in [0.1, 0.15) is 19.3 Å². The fraction of sp³-hybridized carbons (Fsp3) is 0.444. The average Bonchev–Trinajstić information content (AvgIpc) is 3.56. The Bertz CT molecular complexity index is 1400. The van der Waals surface area contributed by atoms with Crippen LogP contribution in [0.15, 0.2) is 43.0 Å². The Morgan fingerprint density at radius 2 is 1.86 bits per heavy atom. The van der Waals surface area contributed by atoms with Crippen molar-refractivity contribution in [2.45, 2.75) is 31.3 Å². The maximum Gasteiger partial charge on any atom is 0.167 e. The summed E-state index contributed by atoms with van der Waals surface area (Å²) in [7, 11) is 5.84. The number of ether oxygens (including phenoxy) is 1. The number of anilines is 1. The van der Waals surface area contributed by atoms with Gasteiger partial charge in [-0.25, -0.2) is 13.9 Å². The van der Waals surface area contributed by atoms with Crippen molar-refractivity contribution in [2.75, 3.05) is 52.3 Å². The first-order valence-electron chi connectivity index (χ1n) is 12.6. The second-order valence-electron chi connectivity index (χ2n) is 10.1. The largest absolute Gasteiger partial charge is 0.494 e. The lowest BCUT2D eigenvalue weighted by Gasteiger charge is -2.37. The maximum atomic E-state index is 14.2. The highest BCUT2D eigenvalue weighted by molar-refractivity contribution is 5.98. The molecule has 2 aliphatic rings. The van der Waals surface area contributed by atoms with Crippen LogP contribution in [0.2, 0.25) is 0 Å². The van der Waals surface area contributed by atoms with Crippen LogP contribution in [0.4, 0.5) is 10.1 Å². The van der Waals surface area contributed by atoms with Crippen LogP contribution in [0, 0.1) is 5.82 Å². The van der Waals surface area contributed by atoms with Crippen LogP contribution in [0.3, 0.4) is 0 Å². The zero-order chi connectivity index (χ0) is 24.8. The number of likely N-dealkylation sites (N-methyl/N-ethyl adjacent to an activating group) is 1. The summed E-state index contributed by atoms with van der Waals surface area (Å²) in [5, 5.41) is 5.41. The molecule has 36 heavy (non-hydrogen) atoms. The van der Waals surface area contributed by atoms with E-state index in [2.05, 4.69) is 45.1 Å². The van der Waals surface area contributed by atoms with Gasteiger partial charge in [0.15, 0.2) is 17.2 Å². The third-order valence-electron chi connectivity index (χ3n) is 7.92. The molecular weight excluding hydrogens is 457 g/mol. The first-order valence-corrected chi connectivity index (χ1v) is 12.6. The van der Waals surface area contributed by atoms with Gasteiger partial charge in [-0.3, -0.25) is 9.88 Å². The van der Waals surface area contributed by atoms with E-state index in [1.165, 1.54) is 45.5 Å². The maximum absolute atomic E-state index is 14.2. The van der Waals surface area contributed by atoms with Crippen LogP contribution in [-0.2, 0) is 0 Å². The third-order valence-corrected chi connectivity index (χ3v) is 7.92. The zero-order valence-corrected chi connectivity index (χ0v) is 21.1. The number of likely N-dealkylation sites (tertiary alicyclic amines) is 1. The van der Waals surface area contributed by atoms with Crippen LogP contribution in [0.5, 0.6) is 5.75 Å². The van der Waals surface area contributed by atoms with Crippen molar-refractivity contribution in [1.82, 2.24) is 29.4 Å². The smallest absolute Gasteiger partial charge is 0.167 e. The molecule has 0 N–H and O–H groups in total. The predicted octanol–water partition coefficient (Wildman–Crippen LogP) is 3.70. The van der Waals surface area contributed by atoms with Crippen molar-refractivity contribution in [2.24, 2.45) is 0 Å². The van der Waals surface area contributed by atoms with E-state index in [9.17, 15) is 4.39 Å². The van der Waals surface area contributed by atoms with Crippen LogP contribution >= 0.6 is 0 Å². The van der Waals surface area contributed by atoms with Crippen molar-refractivity contribution in [3.63, 3.8) is 0 Å².